The van der Waals surface area contributed by atoms with Gasteiger partial charge < -0.3 is 5.32 Å². The van der Waals surface area contributed by atoms with Crippen molar-refractivity contribution in [3.63, 3.8) is 0 Å². The van der Waals surface area contributed by atoms with Crippen LogP contribution in [0.5, 0.6) is 0 Å². The van der Waals surface area contributed by atoms with Crippen LogP contribution < -0.4 is 10.8 Å². The van der Waals surface area contributed by atoms with E-state index in [1.54, 1.807) is 5.48 Å². The van der Waals surface area contributed by atoms with Crippen LogP contribution >= 0.6 is 0 Å². The van der Waals surface area contributed by atoms with Gasteiger partial charge in [-0.25, -0.2) is 10.3 Å². The molecule has 94 valence electrons. The van der Waals surface area contributed by atoms with Gasteiger partial charge in [0.25, 0.3) is 0 Å². The largest absolute Gasteiger partial charge is 0.342 e. The molecule has 1 aliphatic rings. The second kappa shape index (κ2) is 6.25. The van der Waals surface area contributed by atoms with Gasteiger partial charge in [-0.05, 0) is 42.6 Å². The van der Waals surface area contributed by atoms with Crippen LogP contribution in [0.3, 0.4) is 0 Å². The minimum Gasteiger partial charge on any atom is -0.306 e. The molecule has 3 N–H and O–H groups in total. The Balaban J connectivity index is 2.66. The first-order valence-electron chi connectivity index (χ1n) is 5.92. The normalized spacial score (nSPS) is 15.0. The number of nitrogens with one attached hydrogen (secondary N) is 2. The standard InChI is InChI=1S/C13H20N2O2/c1-4-5-6-7-11-9(2)8-12(10(11)3)14-13(16)15-17/h8,17H,2,4-7H2,1,3H3,(H2,14,15,16). The summed E-state index contributed by atoms with van der Waals surface area (Å²) in [6, 6.07) is -0.627. The van der Waals surface area contributed by atoms with Gasteiger partial charge in [0.1, 0.15) is 0 Å². The lowest BCUT2D eigenvalue weighted by molar-refractivity contribution is 0.164. The predicted molar refractivity (Wildman–Crippen MR) is 67.5 cm³/mol. The van der Waals surface area contributed by atoms with Crippen LogP contribution in [0.2, 0.25) is 0 Å². The Bertz CT molecular complexity index is 381. The van der Waals surface area contributed by atoms with Crippen molar-refractivity contribution in [2.75, 3.05) is 0 Å². The van der Waals surface area contributed by atoms with Crippen molar-refractivity contribution in [3.8, 4) is 0 Å². The van der Waals surface area contributed by atoms with E-state index in [4.69, 9.17) is 5.21 Å². The Labute approximate surface area is 102 Å². The van der Waals surface area contributed by atoms with E-state index in [-0.39, 0.29) is 0 Å². The highest BCUT2D eigenvalue weighted by molar-refractivity contribution is 5.77. The Kier molecular flexibility index (Phi) is 4.97. The molecule has 0 aromatic carbocycles. The third kappa shape index (κ3) is 3.46. The van der Waals surface area contributed by atoms with Crippen LogP contribution in [0.1, 0.15) is 39.5 Å². The summed E-state index contributed by atoms with van der Waals surface area (Å²) in [5.41, 5.74) is 5.46. The third-order valence-electron chi connectivity index (χ3n) is 2.94. The molecule has 0 atom stereocenters. The summed E-state index contributed by atoms with van der Waals surface area (Å²) in [4.78, 5) is 11.0. The molecule has 0 saturated heterocycles. The molecule has 4 nitrogen and oxygen atoms in total. The van der Waals surface area contributed by atoms with E-state index < -0.39 is 6.03 Å². The van der Waals surface area contributed by atoms with Gasteiger partial charge in [0.2, 0.25) is 0 Å². The van der Waals surface area contributed by atoms with Gasteiger partial charge in [0.05, 0.1) is 0 Å². The molecule has 0 saturated carbocycles. The molecule has 0 aliphatic heterocycles. The fourth-order valence-electron chi connectivity index (χ4n) is 1.95. The number of hydrogen-bond donors (Lipinski definition) is 3. The summed E-state index contributed by atoms with van der Waals surface area (Å²) in [5.74, 6) is 0. The lowest BCUT2D eigenvalue weighted by atomic mass is 10.0. The van der Waals surface area contributed by atoms with Crippen LogP contribution in [0.4, 0.5) is 4.79 Å². The lowest BCUT2D eigenvalue weighted by Crippen LogP contribution is -2.32. The van der Waals surface area contributed by atoms with Crippen molar-refractivity contribution in [1.82, 2.24) is 10.8 Å². The van der Waals surface area contributed by atoms with E-state index >= 15 is 0 Å². The zero-order valence-electron chi connectivity index (χ0n) is 10.5. The molecule has 0 aromatic rings. The molecular weight excluding hydrogens is 216 g/mol. The SMILES string of the molecule is C=C1C=C(NC(=O)NO)C(C)=C1CCCCC. The van der Waals surface area contributed by atoms with Gasteiger partial charge in [-0.2, -0.15) is 0 Å². The number of allylic oxidation sites excluding steroid dienone is 4. The van der Waals surface area contributed by atoms with Gasteiger partial charge >= 0.3 is 6.03 Å². The topological polar surface area (TPSA) is 61.4 Å². The Morgan fingerprint density at radius 3 is 2.76 bits per heavy atom. The van der Waals surface area contributed by atoms with Crippen molar-refractivity contribution in [1.29, 1.82) is 0 Å². The first kappa shape index (κ1) is 13.5. The van der Waals surface area contributed by atoms with Gasteiger partial charge in [-0.15, -0.1) is 0 Å². The monoisotopic (exact) mass is 236 g/mol. The van der Waals surface area contributed by atoms with Gasteiger partial charge in [-0.3, -0.25) is 5.21 Å². The van der Waals surface area contributed by atoms with E-state index in [0.717, 1.165) is 24.0 Å². The second-order valence-electron chi connectivity index (χ2n) is 4.21. The summed E-state index contributed by atoms with van der Waals surface area (Å²) < 4.78 is 0. The van der Waals surface area contributed by atoms with Gasteiger partial charge in [0, 0.05) is 5.70 Å². The smallest absolute Gasteiger partial charge is 0.306 e. The quantitative estimate of drug-likeness (QED) is 0.390. The van der Waals surface area contributed by atoms with E-state index in [0.29, 0.717) is 5.70 Å². The van der Waals surface area contributed by atoms with Gasteiger partial charge in [-0.1, -0.05) is 26.3 Å². The number of hydroxylamine groups is 1. The zero-order chi connectivity index (χ0) is 12.8. The highest BCUT2D eigenvalue weighted by Crippen LogP contribution is 2.31. The van der Waals surface area contributed by atoms with Crippen molar-refractivity contribution < 1.29 is 10.0 Å². The van der Waals surface area contributed by atoms with Crippen molar-refractivity contribution in [2.24, 2.45) is 0 Å². The maximum absolute atomic E-state index is 11.0. The number of hydrogen-bond acceptors (Lipinski definition) is 2. The van der Waals surface area contributed by atoms with Crippen LogP contribution in [0.25, 0.3) is 0 Å². The molecule has 0 spiro atoms. The first-order chi connectivity index (χ1) is 8.10. The van der Waals surface area contributed by atoms with E-state index in [1.165, 1.54) is 18.4 Å². The van der Waals surface area contributed by atoms with Gasteiger partial charge in [0.15, 0.2) is 0 Å². The first-order valence-corrected chi connectivity index (χ1v) is 5.92. The number of rotatable bonds is 5. The maximum Gasteiger partial charge on any atom is 0.342 e. The van der Waals surface area contributed by atoms with Crippen LogP contribution in [0.15, 0.2) is 35.1 Å². The molecule has 0 heterocycles. The molecule has 4 heteroatoms. The number of urea groups is 1. The molecule has 0 radical (unpaired) electrons. The van der Waals surface area contributed by atoms with E-state index in [1.807, 2.05) is 13.0 Å². The molecule has 2 amide bonds. The van der Waals surface area contributed by atoms with Crippen LogP contribution in [0, 0.1) is 0 Å². The predicted octanol–water partition coefficient (Wildman–Crippen LogP) is 3.03. The van der Waals surface area contributed by atoms with Crippen molar-refractivity contribution >= 4 is 6.03 Å². The van der Waals surface area contributed by atoms with Crippen LogP contribution in [-0.4, -0.2) is 11.2 Å². The Morgan fingerprint density at radius 1 is 1.47 bits per heavy atom. The fourth-order valence-corrected chi connectivity index (χ4v) is 1.95. The van der Waals surface area contributed by atoms with E-state index in [9.17, 15) is 4.79 Å². The number of carbonyl (C=O) groups is 1. The molecule has 1 aliphatic carbocycles. The second-order valence-corrected chi connectivity index (χ2v) is 4.21. The summed E-state index contributed by atoms with van der Waals surface area (Å²) in [6.07, 6.45) is 6.34. The summed E-state index contributed by atoms with van der Waals surface area (Å²) in [5, 5.41) is 11.0. The summed E-state index contributed by atoms with van der Waals surface area (Å²) in [6.45, 7) is 8.11. The molecule has 0 fully saturated rings. The average molecular weight is 236 g/mol. The Morgan fingerprint density at radius 2 is 2.18 bits per heavy atom. The minimum absolute atomic E-state index is 0.627. The number of carbonyl (C=O) groups excluding carboxylic acids is 1. The lowest BCUT2D eigenvalue weighted by Gasteiger charge is -2.08. The molecule has 1 rings (SSSR count). The summed E-state index contributed by atoms with van der Waals surface area (Å²) >= 11 is 0. The third-order valence-corrected chi connectivity index (χ3v) is 2.94. The molecule has 0 bridgehead atoms. The minimum atomic E-state index is -0.627. The van der Waals surface area contributed by atoms with E-state index in [2.05, 4.69) is 18.8 Å². The molecule has 0 aromatic heterocycles. The van der Waals surface area contributed by atoms with Crippen molar-refractivity contribution in [2.45, 2.75) is 39.5 Å². The molecule has 0 unspecified atom stereocenters. The highest BCUT2D eigenvalue weighted by Gasteiger charge is 2.18. The Hall–Kier alpha value is -1.55. The number of amides is 2. The molecule has 17 heavy (non-hydrogen) atoms. The zero-order valence-corrected chi connectivity index (χ0v) is 10.5. The van der Waals surface area contributed by atoms with Crippen molar-refractivity contribution in [3.05, 3.63) is 35.1 Å². The average Bonchev–Trinajstić information content (AvgIpc) is 2.56. The maximum atomic E-state index is 11.0. The fraction of sp³-hybridized carbons (Fsp3) is 0.462. The molecular formula is C13H20N2O2. The number of unbranched alkanes of at least 4 members (excludes halogenated alkanes) is 2. The van der Waals surface area contributed by atoms with Crippen LogP contribution in [-0.2, 0) is 0 Å². The highest BCUT2D eigenvalue weighted by atomic mass is 16.5. The summed E-state index contributed by atoms with van der Waals surface area (Å²) in [7, 11) is 0.